The Kier molecular flexibility index (Phi) is 5.95. The normalized spacial score (nSPS) is 12.0. The highest BCUT2D eigenvalue weighted by Crippen LogP contribution is 2.11. The van der Waals surface area contributed by atoms with Crippen LogP contribution in [0.2, 0.25) is 0 Å². The first kappa shape index (κ1) is 17.5. The predicted molar refractivity (Wildman–Crippen MR) is 101 cm³/mol. The predicted octanol–water partition coefficient (Wildman–Crippen LogP) is 3.01. The second kappa shape index (κ2) is 8.15. The van der Waals surface area contributed by atoms with E-state index in [-0.39, 0.29) is 11.9 Å². The summed E-state index contributed by atoms with van der Waals surface area (Å²) in [4.78, 5) is 14.1. The minimum absolute atomic E-state index is 0.184. The molecule has 1 amide bonds. The number of nitrogens with one attached hydrogen (secondary N) is 2. The highest BCUT2D eigenvalue weighted by atomic mass is 16.2. The molecule has 126 valence electrons. The monoisotopic (exact) mass is 324 g/mol. The molecule has 5 heteroatoms. The Labute approximate surface area is 143 Å². The van der Waals surface area contributed by atoms with Gasteiger partial charge in [0.25, 0.3) is 5.91 Å². The number of hydrogen-bond acceptors (Lipinski definition) is 4. The third-order valence-electron chi connectivity index (χ3n) is 3.63. The van der Waals surface area contributed by atoms with Crippen molar-refractivity contribution in [2.75, 3.05) is 24.3 Å². The molecule has 0 aliphatic carbocycles. The van der Waals surface area contributed by atoms with Crippen LogP contribution >= 0.6 is 0 Å². The van der Waals surface area contributed by atoms with Gasteiger partial charge in [-0.25, -0.2) is 5.43 Å². The van der Waals surface area contributed by atoms with Crippen molar-refractivity contribution in [3.63, 3.8) is 0 Å². The Morgan fingerprint density at radius 2 is 1.71 bits per heavy atom. The Bertz CT molecular complexity index is 690. The Balaban J connectivity index is 1.86. The average molecular weight is 324 g/mol. The van der Waals surface area contributed by atoms with Gasteiger partial charge in [-0.2, -0.15) is 5.10 Å². The molecular weight excluding hydrogens is 300 g/mol. The molecule has 0 aromatic heterocycles. The van der Waals surface area contributed by atoms with Crippen molar-refractivity contribution in [1.82, 2.24) is 5.43 Å². The number of rotatable bonds is 6. The van der Waals surface area contributed by atoms with Gasteiger partial charge in [0.05, 0.1) is 6.21 Å². The second-order valence-electron chi connectivity index (χ2n) is 5.95. The van der Waals surface area contributed by atoms with E-state index in [9.17, 15) is 4.79 Å². The standard InChI is InChI=1S/C19H24N4O/c1-14-5-9-17(10-6-14)21-15(2)19(24)22-20-13-16-7-11-18(12-8-16)23(3)4/h5-13,15,21H,1-4H3,(H,22,24)/b20-13-/t15-/m1/s1. The summed E-state index contributed by atoms with van der Waals surface area (Å²) < 4.78 is 0. The van der Waals surface area contributed by atoms with Crippen molar-refractivity contribution in [2.45, 2.75) is 19.9 Å². The molecule has 2 rings (SSSR count). The smallest absolute Gasteiger partial charge is 0.262 e. The lowest BCUT2D eigenvalue weighted by molar-refractivity contribution is -0.121. The number of nitrogens with zero attached hydrogens (tertiary/aromatic N) is 2. The average Bonchev–Trinajstić information content (AvgIpc) is 2.57. The lowest BCUT2D eigenvalue weighted by Crippen LogP contribution is -2.34. The van der Waals surface area contributed by atoms with Gasteiger partial charge in [0, 0.05) is 25.5 Å². The van der Waals surface area contributed by atoms with Crippen LogP contribution in [0.1, 0.15) is 18.1 Å². The quantitative estimate of drug-likeness (QED) is 0.634. The molecule has 24 heavy (non-hydrogen) atoms. The summed E-state index contributed by atoms with van der Waals surface area (Å²) in [5, 5.41) is 7.16. The van der Waals surface area contributed by atoms with E-state index < -0.39 is 0 Å². The minimum Gasteiger partial charge on any atom is -0.378 e. The fourth-order valence-electron chi connectivity index (χ4n) is 2.09. The lowest BCUT2D eigenvalue weighted by Gasteiger charge is -2.13. The molecule has 0 saturated heterocycles. The fraction of sp³-hybridized carbons (Fsp3) is 0.263. The van der Waals surface area contributed by atoms with Gasteiger partial charge in [0.2, 0.25) is 0 Å². The largest absolute Gasteiger partial charge is 0.378 e. The van der Waals surface area contributed by atoms with Crippen molar-refractivity contribution in [3.8, 4) is 0 Å². The maximum atomic E-state index is 12.1. The van der Waals surface area contributed by atoms with E-state index in [0.29, 0.717) is 0 Å². The topological polar surface area (TPSA) is 56.7 Å². The van der Waals surface area contributed by atoms with E-state index in [1.807, 2.05) is 74.4 Å². The van der Waals surface area contributed by atoms with E-state index in [4.69, 9.17) is 0 Å². The highest BCUT2D eigenvalue weighted by molar-refractivity contribution is 5.86. The summed E-state index contributed by atoms with van der Waals surface area (Å²) in [6.07, 6.45) is 1.63. The lowest BCUT2D eigenvalue weighted by atomic mass is 10.2. The molecule has 5 nitrogen and oxygen atoms in total. The number of hydrogen-bond donors (Lipinski definition) is 2. The Morgan fingerprint density at radius 3 is 2.29 bits per heavy atom. The summed E-state index contributed by atoms with van der Waals surface area (Å²) in [7, 11) is 3.98. The molecule has 1 atom stereocenters. The molecule has 0 heterocycles. The van der Waals surface area contributed by atoms with Crippen molar-refractivity contribution in [2.24, 2.45) is 5.10 Å². The Morgan fingerprint density at radius 1 is 1.08 bits per heavy atom. The first-order valence-corrected chi connectivity index (χ1v) is 7.89. The minimum atomic E-state index is -0.374. The summed E-state index contributed by atoms with van der Waals surface area (Å²) in [5.74, 6) is -0.184. The number of amides is 1. The van der Waals surface area contributed by atoms with E-state index in [0.717, 1.165) is 16.9 Å². The van der Waals surface area contributed by atoms with Crippen LogP contribution in [0.3, 0.4) is 0 Å². The van der Waals surface area contributed by atoms with Crippen LogP contribution in [0.5, 0.6) is 0 Å². The van der Waals surface area contributed by atoms with Gasteiger partial charge in [-0.05, 0) is 43.7 Å². The van der Waals surface area contributed by atoms with Crippen LogP contribution in [0, 0.1) is 6.92 Å². The van der Waals surface area contributed by atoms with E-state index in [1.54, 1.807) is 13.1 Å². The molecule has 0 spiro atoms. The summed E-state index contributed by atoms with van der Waals surface area (Å²) in [5.41, 5.74) is 6.70. The van der Waals surface area contributed by atoms with Crippen molar-refractivity contribution in [1.29, 1.82) is 0 Å². The first-order valence-electron chi connectivity index (χ1n) is 7.89. The maximum Gasteiger partial charge on any atom is 0.262 e. The Hall–Kier alpha value is -2.82. The van der Waals surface area contributed by atoms with Crippen LogP contribution in [0.25, 0.3) is 0 Å². The van der Waals surface area contributed by atoms with Gasteiger partial charge >= 0.3 is 0 Å². The van der Waals surface area contributed by atoms with Crippen molar-refractivity contribution in [3.05, 3.63) is 59.7 Å². The fourth-order valence-corrected chi connectivity index (χ4v) is 2.09. The summed E-state index contributed by atoms with van der Waals surface area (Å²) in [6, 6.07) is 15.5. The summed E-state index contributed by atoms with van der Waals surface area (Å²) >= 11 is 0. The van der Waals surface area contributed by atoms with Gasteiger partial charge in [0.1, 0.15) is 6.04 Å². The van der Waals surface area contributed by atoms with Gasteiger partial charge in [0.15, 0.2) is 0 Å². The number of aryl methyl sites for hydroxylation is 1. The third kappa shape index (κ3) is 5.12. The van der Waals surface area contributed by atoms with Gasteiger partial charge < -0.3 is 10.2 Å². The van der Waals surface area contributed by atoms with Crippen LogP contribution in [-0.4, -0.2) is 32.3 Å². The molecule has 0 bridgehead atoms. The summed E-state index contributed by atoms with van der Waals surface area (Å²) in [6.45, 7) is 3.83. The number of anilines is 2. The van der Waals surface area contributed by atoms with Crippen LogP contribution in [0.15, 0.2) is 53.6 Å². The first-order chi connectivity index (χ1) is 11.5. The molecule has 0 aliphatic heterocycles. The van der Waals surface area contributed by atoms with Crippen molar-refractivity contribution >= 4 is 23.5 Å². The maximum absolute atomic E-state index is 12.1. The number of hydrazone groups is 1. The number of carbonyl (C=O) groups excluding carboxylic acids is 1. The molecule has 0 aliphatic rings. The van der Waals surface area contributed by atoms with E-state index in [1.165, 1.54) is 5.56 Å². The molecule has 0 saturated carbocycles. The molecule has 0 radical (unpaired) electrons. The molecule has 0 unspecified atom stereocenters. The number of carbonyl (C=O) groups is 1. The molecule has 2 N–H and O–H groups in total. The van der Waals surface area contributed by atoms with Gasteiger partial charge in [-0.3, -0.25) is 4.79 Å². The molecular formula is C19H24N4O. The van der Waals surface area contributed by atoms with E-state index >= 15 is 0 Å². The SMILES string of the molecule is Cc1ccc(N[C@H](C)C(=O)N/N=C\c2ccc(N(C)C)cc2)cc1. The molecule has 0 fully saturated rings. The van der Waals surface area contributed by atoms with Crippen LogP contribution < -0.4 is 15.6 Å². The van der Waals surface area contributed by atoms with Gasteiger partial charge in [-0.15, -0.1) is 0 Å². The van der Waals surface area contributed by atoms with E-state index in [2.05, 4.69) is 15.8 Å². The molecule has 2 aromatic rings. The van der Waals surface area contributed by atoms with Gasteiger partial charge in [-0.1, -0.05) is 29.8 Å². The van der Waals surface area contributed by atoms with Crippen LogP contribution in [-0.2, 0) is 4.79 Å². The van der Waals surface area contributed by atoms with Crippen molar-refractivity contribution < 1.29 is 4.79 Å². The number of benzene rings is 2. The zero-order chi connectivity index (χ0) is 17.5. The third-order valence-corrected chi connectivity index (χ3v) is 3.63. The van der Waals surface area contributed by atoms with Crippen LogP contribution in [0.4, 0.5) is 11.4 Å². The zero-order valence-corrected chi connectivity index (χ0v) is 14.6. The highest BCUT2D eigenvalue weighted by Gasteiger charge is 2.11. The second-order valence-corrected chi connectivity index (χ2v) is 5.95. The zero-order valence-electron chi connectivity index (χ0n) is 14.6. The molecule has 2 aromatic carbocycles.